The lowest BCUT2D eigenvalue weighted by molar-refractivity contribution is -0.144. The Morgan fingerprint density at radius 2 is 1.64 bits per heavy atom. The van der Waals surface area contributed by atoms with Crippen molar-refractivity contribution in [3.8, 4) is 0 Å². The van der Waals surface area contributed by atoms with E-state index in [-0.39, 0.29) is 16.7 Å². The molecule has 0 atom stereocenters. The molecule has 33 heavy (non-hydrogen) atoms. The van der Waals surface area contributed by atoms with Crippen LogP contribution in [0.3, 0.4) is 0 Å². The van der Waals surface area contributed by atoms with Crippen LogP contribution in [0.15, 0.2) is 65.6 Å². The number of benzene rings is 3. The molecule has 0 radical (unpaired) electrons. The number of carbonyl (C=O) groups is 2. The molecule has 3 aromatic carbocycles. The van der Waals surface area contributed by atoms with Crippen molar-refractivity contribution in [2.75, 3.05) is 0 Å². The molecule has 1 aliphatic rings. The van der Waals surface area contributed by atoms with Gasteiger partial charge in [-0.15, -0.1) is 0 Å². The lowest BCUT2D eigenvalue weighted by Crippen LogP contribution is -2.52. The van der Waals surface area contributed by atoms with E-state index in [1.165, 1.54) is 12.1 Å². The van der Waals surface area contributed by atoms with Crippen molar-refractivity contribution in [1.29, 1.82) is 0 Å². The van der Waals surface area contributed by atoms with E-state index in [9.17, 15) is 27.9 Å². The fraction of sp³-hybridized carbons (Fsp3) is 0.280. The van der Waals surface area contributed by atoms with E-state index in [2.05, 4.69) is 5.32 Å². The van der Waals surface area contributed by atoms with Crippen LogP contribution >= 0.6 is 11.8 Å². The van der Waals surface area contributed by atoms with Crippen molar-refractivity contribution in [3.05, 3.63) is 77.4 Å². The van der Waals surface area contributed by atoms with Crippen LogP contribution in [0.2, 0.25) is 0 Å². The summed E-state index contributed by atoms with van der Waals surface area (Å²) in [6, 6.07) is 17.1. The molecule has 0 saturated heterocycles. The van der Waals surface area contributed by atoms with Gasteiger partial charge in [-0.05, 0) is 71.1 Å². The van der Waals surface area contributed by atoms with E-state index in [0.29, 0.717) is 30.4 Å². The van der Waals surface area contributed by atoms with Gasteiger partial charge in [-0.3, -0.25) is 4.79 Å². The molecule has 0 heterocycles. The zero-order valence-electron chi connectivity index (χ0n) is 17.6. The predicted molar refractivity (Wildman–Crippen MR) is 121 cm³/mol. The average molecular weight is 474 g/mol. The fourth-order valence-electron chi connectivity index (χ4n) is 4.41. The summed E-state index contributed by atoms with van der Waals surface area (Å²) < 4.78 is 37.9. The third kappa shape index (κ3) is 5.16. The number of carbonyl (C=O) groups excluding carboxylic acids is 1. The highest BCUT2D eigenvalue weighted by Crippen LogP contribution is 2.37. The number of carboxylic acid groups (broad SMARTS) is 1. The molecule has 1 aliphatic carbocycles. The SMILES string of the molecule is O=C(NC1(C(=O)O)CCCC1)c1ccc2ccccc2c1Cc1ccc(SC(F)(F)F)cc1. The molecular formula is C25H22F3NO3S. The maximum Gasteiger partial charge on any atom is 0.446 e. The molecule has 0 spiro atoms. The van der Waals surface area contributed by atoms with E-state index < -0.39 is 22.9 Å². The number of carboxylic acids is 1. The Hall–Kier alpha value is -3.00. The Bertz CT molecular complexity index is 1190. The second-order valence-corrected chi connectivity index (χ2v) is 9.37. The summed E-state index contributed by atoms with van der Waals surface area (Å²) in [7, 11) is 0. The zero-order chi connectivity index (χ0) is 23.6. The van der Waals surface area contributed by atoms with Gasteiger partial charge in [-0.1, -0.05) is 55.3 Å². The summed E-state index contributed by atoms with van der Waals surface area (Å²) in [5.74, 6) is -1.49. The molecule has 0 aliphatic heterocycles. The molecule has 4 nitrogen and oxygen atoms in total. The van der Waals surface area contributed by atoms with Crippen molar-refractivity contribution in [1.82, 2.24) is 5.32 Å². The first-order valence-corrected chi connectivity index (χ1v) is 11.4. The Morgan fingerprint density at radius 1 is 0.970 bits per heavy atom. The molecule has 1 saturated carbocycles. The molecule has 172 valence electrons. The molecule has 8 heteroatoms. The van der Waals surface area contributed by atoms with Crippen LogP contribution in [0.25, 0.3) is 10.8 Å². The van der Waals surface area contributed by atoms with Gasteiger partial charge in [0.25, 0.3) is 5.91 Å². The quantitative estimate of drug-likeness (QED) is 0.420. The maximum absolute atomic E-state index is 13.3. The number of aliphatic carboxylic acids is 1. The van der Waals surface area contributed by atoms with Crippen LogP contribution < -0.4 is 5.32 Å². The van der Waals surface area contributed by atoms with Crippen LogP contribution in [-0.4, -0.2) is 28.0 Å². The van der Waals surface area contributed by atoms with Crippen LogP contribution in [0.4, 0.5) is 13.2 Å². The van der Waals surface area contributed by atoms with Gasteiger partial charge in [0.05, 0.1) is 0 Å². The Labute approximate surface area is 193 Å². The first-order valence-electron chi connectivity index (χ1n) is 10.6. The zero-order valence-corrected chi connectivity index (χ0v) is 18.4. The number of hydrogen-bond acceptors (Lipinski definition) is 3. The number of halogens is 3. The summed E-state index contributed by atoms with van der Waals surface area (Å²) in [5, 5.41) is 14.3. The van der Waals surface area contributed by atoms with Gasteiger partial charge in [0.1, 0.15) is 5.54 Å². The van der Waals surface area contributed by atoms with Crippen molar-refractivity contribution in [2.45, 2.75) is 48.0 Å². The number of thioether (sulfide) groups is 1. The van der Waals surface area contributed by atoms with Crippen molar-refractivity contribution in [2.24, 2.45) is 0 Å². The molecule has 0 unspecified atom stereocenters. The number of fused-ring (bicyclic) bond motifs is 1. The molecule has 1 amide bonds. The predicted octanol–water partition coefficient (Wildman–Crippen LogP) is 6.17. The average Bonchev–Trinajstić information content (AvgIpc) is 3.24. The summed E-state index contributed by atoms with van der Waals surface area (Å²) in [6.45, 7) is 0. The number of rotatable bonds is 6. The van der Waals surface area contributed by atoms with Crippen LogP contribution in [-0.2, 0) is 11.2 Å². The molecule has 1 fully saturated rings. The van der Waals surface area contributed by atoms with E-state index >= 15 is 0 Å². The molecule has 3 aromatic rings. The highest BCUT2D eigenvalue weighted by atomic mass is 32.2. The monoisotopic (exact) mass is 473 g/mol. The number of hydrogen-bond donors (Lipinski definition) is 2. The summed E-state index contributed by atoms with van der Waals surface area (Å²) in [4.78, 5) is 25.3. The Morgan fingerprint density at radius 3 is 2.27 bits per heavy atom. The minimum atomic E-state index is -4.36. The molecule has 4 rings (SSSR count). The first kappa shape index (κ1) is 23.2. The number of nitrogens with one attached hydrogen (secondary N) is 1. The van der Waals surface area contributed by atoms with Crippen LogP contribution in [0, 0.1) is 0 Å². The number of alkyl halides is 3. The van der Waals surface area contributed by atoms with Crippen molar-refractivity contribution >= 4 is 34.4 Å². The van der Waals surface area contributed by atoms with Gasteiger partial charge in [0.2, 0.25) is 0 Å². The van der Waals surface area contributed by atoms with Gasteiger partial charge in [0, 0.05) is 10.5 Å². The minimum absolute atomic E-state index is 0.0896. The summed E-state index contributed by atoms with van der Waals surface area (Å²) >= 11 is -0.173. The lowest BCUT2D eigenvalue weighted by atomic mass is 9.91. The topological polar surface area (TPSA) is 66.4 Å². The minimum Gasteiger partial charge on any atom is -0.480 e. The Balaban J connectivity index is 1.69. The second kappa shape index (κ2) is 9.09. The standard InChI is InChI=1S/C25H22F3NO3S/c26-25(27,28)33-18-10-7-16(8-11-18)15-21-19-6-2-1-5-17(19)9-12-20(21)22(30)29-24(23(31)32)13-3-4-14-24/h1-2,5-12H,3-4,13-15H2,(H,29,30)(H,31,32). The molecular weight excluding hydrogens is 451 g/mol. The largest absolute Gasteiger partial charge is 0.480 e. The molecule has 0 aromatic heterocycles. The van der Waals surface area contributed by atoms with Gasteiger partial charge in [0.15, 0.2) is 0 Å². The van der Waals surface area contributed by atoms with E-state index in [1.54, 1.807) is 18.2 Å². The van der Waals surface area contributed by atoms with Gasteiger partial charge < -0.3 is 10.4 Å². The third-order valence-electron chi connectivity index (χ3n) is 6.04. The molecule has 0 bridgehead atoms. The van der Waals surface area contributed by atoms with Gasteiger partial charge in [-0.2, -0.15) is 13.2 Å². The van der Waals surface area contributed by atoms with Crippen LogP contribution in [0.5, 0.6) is 0 Å². The van der Waals surface area contributed by atoms with Gasteiger partial charge >= 0.3 is 11.5 Å². The van der Waals surface area contributed by atoms with E-state index in [4.69, 9.17) is 0 Å². The summed E-state index contributed by atoms with van der Waals surface area (Å²) in [6.07, 6.45) is 2.56. The number of amides is 1. The van der Waals surface area contributed by atoms with E-state index in [1.807, 2.05) is 30.3 Å². The lowest BCUT2D eigenvalue weighted by Gasteiger charge is -2.26. The van der Waals surface area contributed by atoms with Crippen LogP contribution in [0.1, 0.15) is 47.2 Å². The smallest absolute Gasteiger partial charge is 0.446 e. The third-order valence-corrected chi connectivity index (χ3v) is 6.78. The first-order chi connectivity index (χ1) is 15.7. The van der Waals surface area contributed by atoms with Crippen molar-refractivity contribution in [3.63, 3.8) is 0 Å². The summed E-state index contributed by atoms with van der Waals surface area (Å²) in [5.41, 5.74) is -3.80. The van der Waals surface area contributed by atoms with Gasteiger partial charge in [-0.25, -0.2) is 4.79 Å². The maximum atomic E-state index is 13.3. The highest BCUT2D eigenvalue weighted by Gasteiger charge is 2.43. The molecule has 2 N–H and O–H groups in total. The highest BCUT2D eigenvalue weighted by molar-refractivity contribution is 8.00. The van der Waals surface area contributed by atoms with E-state index in [0.717, 1.165) is 29.2 Å². The van der Waals surface area contributed by atoms with Crippen molar-refractivity contribution < 1.29 is 27.9 Å². The fourth-order valence-corrected chi connectivity index (χ4v) is 4.95. The Kier molecular flexibility index (Phi) is 6.38. The second-order valence-electron chi connectivity index (χ2n) is 8.23. The normalized spacial score (nSPS) is 15.5.